The number of hydrogen-bond acceptors (Lipinski definition) is 5. The lowest BCUT2D eigenvalue weighted by Crippen LogP contribution is -2.14. The zero-order chi connectivity index (χ0) is 19.2. The molecule has 0 aliphatic heterocycles. The summed E-state index contributed by atoms with van der Waals surface area (Å²) in [5.74, 6) is 1.88. The Kier molecular flexibility index (Phi) is 7.07. The van der Waals surface area contributed by atoms with Crippen LogP contribution < -0.4 is 5.73 Å². The van der Waals surface area contributed by atoms with Gasteiger partial charge in [-0.3, -0.25) is 9.36 Å². The third-order valence-corrected chi connectivity index (χ3v) is 6.32. The van der Waals surface area contributed by atoms with Crippen LogP contribution in [0.15, 0.2) is 53.7 Å². The van der Waals surface area contributed by atoms with E-state index in [1.54, 1.807) is 17.8 Å². The van der Waals surface area contributed by atoms with Gasteiger partial charge >= 0.3 is 0 Å². The second kappa shape index (κ2) is 9.50. The van der Waals surface area contributed by atoms with E-state index in [0.29, 0.717) is 26.6 Å². The van der Waals surface area contributed by atoms with Gasteiger partial charge in [-0.15, -0.1) is 22.0 Å². The smallest absolute Gasteiger partial charge is 0.227 e. The van der Waals surface area contributed by atoms with E-state index < -0.39 is 5.91 Å². The van der Waals surface area contributed by atoms with Crippen molar-refractivity contribution in [2.45, 2.75) is 16.7 Å². The Bertz CT molecular complexity index is 934. The second-order valence-electron chi connectivity index (χ2n) is 5.54. The number of benzene rings is 2. The van der Waals surface area contributed by atoms with Gasteiger partial charge in [0.1, 0.15) is 5.82 Å². The number of primary amides is 1. The van der Waals surface area contributed by atoms with Gasteiger partial charge in [0.15, 0.2) is 5.16 Å². The van der Waals surface area contributed by atoms with Gasteiger partial charge in [0.05, 0.1) is 27.2 Å². The number of nitrogens with two attached hydrogens (primary N) is 1. The molecular formula is C18H16Cl2N4OS2. The SMILES string of the molecule is NC(=O)CSc1nnc(CSCc2ccccc2)n1-c1cccc(Cl)c1Cl. The highest BCUT2D eigenvalue weighted by Gasteiger charge is 2.18. The van der Waals surface area contributed by atoms with Gasteiger partial charge in [-0.1, -0.05) is 71.4 Å². The molecule has 0 aliphatic carbocycles. The van der Waals surface area contributed by atoms with Gasteiger partial charge in [0.2, 0.25) is 5.91 Å². The zero-order valence-corrected chi connectivity index (χ0v) is 17.3. The van der Waals surface area contributed by atoms with Crippen molar-refractivity contribution in [2.75, 3.05) is 5.75 Å². The first kappa shape index (κ1) is 20.1. The van der Waals surface area contributed by atoms with Crippen molar-refractivity contribution in [3.05, 3.63) is 70.0 Å². The molecule has 0 fully saturated rings. The molecule has 1 amide bonds. The average molecular weight is 439 g/mol. The van der Waals surface area contributed by atoms with E-state index in [1.807, 2.05) is 34.9 Å². The Balaban J connectivity index is 1.86. The van der Waals surface area contributed by atoms with Crippen molar-refractivity contribution in [3.63, 3.8) is 0 Å². The van der Waals surface area contributed by atoms with Gasteiger partial charge in [0.25, 0.3) is 0 Å². The number of carbonyl (C=O) groups is 1. The first-order valence-corrected chi connectivity index (χ1v) is 10.9. The van der Waals surface area contributed by atoms with E-state index in [1.165, 1.54) is 17.3 Å². The van der Waals surface area contributed by atoms with E-state index in [2.05, 4.69) is 22.3 Å². The topological polar surface area (TPSA) is 73.8 Å². The minimum Gasteiger partial charge on any atom is -0.369 e. The fourth-order valence-electron chi connectivity index (χ4n) is 2.36. The lowest BCUT2D eigenvalue weighted by molar-refractivity contribution is -0.115. The number of hydrogen-bond donors (Lipinski definition) is 1. The maximum absolute atomic E-state index is 11.2. The predicted molar refractivity (Wildman–Crippen MR) is 113 cm³/mol. The van der Waals surface area contributed by atoms with Crippen molar-refractivity contribution in [2.24, 2.45) is 5.73 Å². The van der Waals surface area contributed by atoms with Crippen LogP contribution in [0, 0.1) is 0 Å². The third kappa shape index (κ3) is 5.19. The Hall–Kier alpha value is -1.67. The van der Waals surface area contributed by atoms with Crippen LogP contribution in [0.25, 0.3) is 5.69 Å². The molecule has 5 nitrogen and oxygen atoms in total. The highest BCUT2D eigenvalue weighted by molar-refractivity contribution is 7.99. The molecular weight excluding hydrogens is 423 g/mol. The normalized spacial score (nSPS) is 10.9. The molecule has 3 aromatic rings. The molecule has 27 heavy (non-hydrogen) atoms. The van der Waals surface area contributed by atoms with Crippen LogP contribution >= 0.6 is 46.7 Å². The Labute approximate surface area is 175 Å². The number of nitrogens with zero attached hydrogens (tertiary/aromatic N) is 3. The second-order valence-corrected chi connectivity index (χ2v) is 8.25. The van der Waals surface area contributed by atoms with Gasteiger partial charge in [0, 0.05) is 5.75 Å². The van der Waals surface area contributed by atoms with Gasteiger partial charge in [-0.25, -0.2) is 0 Å². The first-order chi connectivity index (χ1) is 13.1. The number of aromatic nitrogens is 3. The molecule has 0 bridgehead atoms. The number of rotatable bonds is 8. The third-order valence-electron chi connectivity index (χ3n) is 3.56. The highest BCUT2D eigenvalue weighted by Crippen LogP contribution is 2.33. The Morgan fingerprint density at radius 1 is 1.04 bits per heavy atom. The summed E-state index contributed by atoms with van der Waals surface area (Å²) in [5, 5.41) is 9.91. The number of carbonyl (C=O) groups excluding carboxylic acids is 1. The summed E-state index contributed by atoms with van der Waals surface area (Å²) in [7, 11) is 0. The monoisotopic (exact) mass is 438 g/mol. The summed E-state index contributed by atoms with van der Waals surface area (Å²) >= 11 is 15.5. The van der Waals surface area contributed by atoms with Crippen molar-refractivity contribution >= 4 is 52.6 Å². The maximum atomic E-state index is 11.2. The fourth-order valence-corrected chi connectivity index (χ4v) is 4.35. The number of amides is 1. The molecule has 140 valence electrons. The quantitative estimate of drug-likeness (QED) is 0.520. The number of halogens is 2. The van der Waals surface area contributed by atoms with E-state index >= 15 is 0 Å². The molecule has 0 radical (unpaired) electrons. The summed E-state index contributed by atoms with van der Waals surface area (Å²) < 4.78 is 1.83. The van der Waals surface area contributed by atoms with Crippen molar-refractivity contribution in [1.82, 2.24) is 14.8 Å². The van der Waals surface area contributed by atoms with E-state index in [9.17, 15) is 4.79 Å². The Morgan fingerprint density at radius 3 is 2.56 bits per heavy atom. The lowest BCUT2D eigenvalue weighted by atomic mass is 10.2. The van der Waals surface area contributed by atoms with Crippen LogP contribution in [0.1, 0.15) is 11.4 Å². The van der Waals surface area contributed by atoms with Crippen molar-refractivity contribution in [1.29, 1.82) is 0 Å². The van der Waals surface area contributed by atoms with Crippen LogP contribution in [0.5, 0.6) is 0 Å². The van der Waals surface area contributed by atoms with Crippen LogP contribution in [-0.4, -0.2) is 26.4 Å². The Morgan fingerprint density at radius 2 is 1.81 bits per heavy atom. The summed E-state index contributed by atoms with van der Waals surface area (Å²) in [6, 6.07) is 15.6. The molecule has 0 unspecified atom stereocenters. The minimum atomic E-state index is -0.424. The van der Waals surface area contributed by atoms with Crippen LogP contribution in [-0.2, 0) is 16.3 Å². The molecule has 2 aromatic carbocycles. The van der Waals surface area contributed by atoms with Gasteiger partial charge in [-0.2, -0.15) is 0 Å². The average Bonchev–Trinajstić information content (AvgIpc) is 3.06. The van der Waals surface area contributed by atoms with Crippen LogP contribution in [0.2, 0.25) is 10.0 Å². The lowest BCUT2D eigenvalue weighted by Gasteiger charge is -2.12. The molecule has 1 aromatic heterocycles. The predicted octanol–water partition coefficient (Wildman–Crippen LogP) is 4.58. The molecule has 0 spiro atoms. The van der Waals surface area contributed by atoms with E-state index in [0.717, 1.165) is 11.6 Å². The summed E-state index contributed by atoms with van der Waals surface area (Å²) in [5.41, 5.74) is 7.18. The molecule has 0 aliphatic rings. The molecule has 0 atom stereocenters. The molecule has 3 rings (SSSR count). The molecule has 2 N–H and O–H groups in total. The maximum Gasteiger partial charge on any atom is 0.227 e. The number of thioether (sulfide) groups is 2. The fraction of sp³-hybridized carbons (Fsp3) is 0.167. The van der Waals surface area contributed by atoms with Gasteiger partial charge in [-0.05, 0) is 17.7 Å². The largest absolute Gasteiger partial charge is 0.369 e. The standard InChI is InChI=1S/C18H16Cl2N4OS2/c19-13-7-4-8-14(17(13)20)24-16(22-23-18(24)27-10-15(21)25)11-26-9-12-5-2-1-3-6-12/h1-8H,9-11H2,(H2,21,25). The molecule has 9 heteroatoms. The van der Waals surface area contributed by atoms with E-state index in [-0.39, 0.29) is 5.75 Å². The van der Waals surface area contributed by atoms with Gasteiger partial charge < -0.3 is 5.73 Å². The van der Waals surface area contributed by atoms with Crippen molar-refractivity contribution < 1.29 is 4.79 Å². The molecule has 1 heterocycles. The summed E-state index contributed by atoms with van der Waals surface area (Å²) in [6.07, 6.45) is 0. The first-order valence-electron chi connectivity index (χ1n) is 7.97. The minimum absolute atomic E-state index is 0.105. The highest BCUT2D eigenvalue weighted by atomic mass is 35.5. The summed E-state index contributed by atoms with van der Waals surface area (Å²) in [4.78, 5) is 11.2. The van der Waals surface area contributed by atoms with Crippen LogP contribution in [0.4, 0.5) is 0 Å². The molecule has 0 saturated heterocycles. The molecule has 0 saturated carbocycles. The summed E-state index contributed by atoms with van der Waals surface area (Å²) in [6.45, 7) is 0. The van der Waals surface area contributed by atoms with Crippen LogP contribution in [0.3, 0.4) is 0 Å². The van der Waals surface area contributed by atoms with E-state index in [4.69, 9.17) is 28.9 Å². The van der Waals surface area contributed by atoms with Crippen molar-refractivity contribution in [3.8, 4) is 5.69 Å². The zero-order valence-electron chi connectivity index (χ0n) is 14.1.